The number of aromatic nitrogens is 4. The van der Waals surface area contributed by atoms with Gasteiger partial charge in [-0.3, -0.25) is 4.68 Å². The fraction of sp³-hybridized carbons (Fsp3) is 0.462. The number of hydrogen-bond donors (Lipinski definition) is 1. The highest BCUT2D eigenvalue weighted by Crippen LogP contribution is 2.24. The Labute approximate surface area is 112 Å². The maximum atomic E-state index is 5.61. The van der Waals surface area contributed by atoms with Gasteiger partial charge < -0.3 is 10.6 Å². The molecule has 0 spiro atoms. The van der Waals surface area contributed by atoms with Gasteiger partial charge in [0.05, 0.1) is 17.9 Å². The van der Waals surface area contributed by atoms with Crippen molar-refractivity contribution in [2.75, 3.05) is 25.9 Å². The van der Waals surface area contributed by atoms with Gasteiger partial charge in [-0.1, -0.05) is 0 Å². The van der Waals surface area contributed by atoms with Crippen LogP contribution in [0.3, 0.4) is 0 Å². The second-order valence-corrected chi connectivity index (χ2v) is 5.04. The Hall–Kier alpha value is -1.95. The minimum atomic E-state index is 0.296. The zero-order valence-corrected chi connectivity index (χ0v) is 11.0. The van der Waals surface area contributed by atoms with Gasteiger partial charge in [0.2, 0.25) is 5.95 Å². The first-order valence-corrected chi connectivity index (χ1v) is 6.54. The van der Waals surface area contributed by atoms with Crippen LogP contribution in [0, 0.1) is 0 Å². The lowest BCUT2D eigenvalue weighted by molar-refractivity contribution is 0.212. The molecule has 3 rings (SSSR count). The van der Waals surface area contributed by atoms with Crippen molar-refractivity contribution in [2.45, 2.75) is 18.9 Å². The van der Waals surface area contributed by atoms with Gasteiger partial charge >= 0.3 is 0 Å². The third-order valence-electron chi connectivity index (χ3n) is 3.63. The molecule has 0 aromatic carbocycles. The number of hydrogen-bond acceptors (Lipinski definition) is 5. The molecule has 1 fully saturated rings. The third-order valence-corrected chi connectivity index (χ3v) is 3.63. The summed E-state index contributed by atoms with van der Waals surface area (Å²) in [4.78, 5) is 10.5. The van der Waals surface area contributed by atoms with Crippen LogP contribution in [-0.2, 0) is 0 Å². The van der Waals surface area contributed by atoms with Crippen molar-refractivity contribution < 1.29 is 0 Å². The standard InChI is InChI=1S/C13H18N6/c1-18-6-3-11(4-7-18)19-9-10(8-16-19)12-2-5-15-13(14)17-12/h2,5,8-9,11H,3-4,6-7H2,1H3,(H2,14,15,17). The molecule has 0 saturated carbocycles. The van der Waals surface area contributed by atoms with Crippen LogP contribution in [0.15, 0.2) is 24.7 Å². The number of nitrogens with zero attached hydrogens (tertiary/aromatic N) is 5. The molecule has 0 bridgehead atoms. The highest BCUT2D eigenvalue weighted by molar-refractivity contribution is 5.57. The van der Waals surface area contributed by atoms with E-state index in [1.807, 2.05) is 12.3 Å². The summed E-state index contributed by atoms with van der Waals surface area (Å²) in [6, 6.07) is 2.34. The average molecular weight is 258 g/mol. The van der Waals surface area contributed by atoms with Gasteiger partial charge in [-0.25, -0.2) is 9.97 Å². The first-order valence-electron chi connectivity index (χ1n) is 6.54. The van der Waals surface area contributed by atoms with Crippen molar-refractivity contribution >= 4 is 5.95 Å². The number of rotatable bonds is 2. The SMILES string of the molecule is CN1CCC(n2cc(-c3ccnc(N)n3)cn2)CC1. The van der Waals surface area contributed by atoms with E-state index in [0.717, 1.165) is 37.2 Å². The molecule has 2 N–H and O–H groups in total. The molecule has 0 unspecified atom stereocenters. The summed E-state index contributed by atoms with van der Waals surface area (Å²) in [6.45, 7) is 2.25. The molecular formula is C13H18N6. The Morgan fingerprint density at radius 1 is 1.32 bits per heavy atom. The number of nitrogens with two attached hydrogens (primary N) is 1. The fourth-order valence-electron chi connectivity index (χ4n) is 2.46. The summed E-state index contributed by atoms with van der Waals surface area (Å²) in [5.74, 6) is 0.296. The van der Waals surface area contributed by atoms with E-state index in [2.05, 4.69) is 37.9 Å². The zero-order valence-electron chi connectivity index (χ0n) is 11.0. The van der Waals surface area contributed by atoms with Crippen LogP contribution in [0.1, 0.15) is 18.9 Å². The summed E-state index contributed by atoms with van der Waals surface area (Å²) in [5.41, 5.74) is 7.43. The highest BCUT2D eigenvalue weighted by atomic mass is 15.3. The van der Waals surface area contributed by atoms with E-state index in [4.69, 9.17) is 5.73 Å². The van der Waals surface area contributed by atoms with Crippen LogP contribution >= 0.6 is 0 Å². The van der Waals surface area contributed by atoms with Crippen molar-refractivity contribution in [1.29, 1.82) is 0 Å². The van der Waals surface area contributed by atoms with Crippen LogP contribution in [0.4, 0.5) is 5.95 Å². The van der Waals surface area contributed by atoms with Crippen molar-refractivity contribution in [3.05, 3.63) is 24.7 Å². The summed E-state index contributed by atoms with van der Waals surface area (Å²) < 4.78 is 2.06. The van der Waals surface area contributed by atoms with Crippen LogP contribution in [0.25, 0.3) is 11.3 Å². The first kappa shape index (κ1) is 12.1. The molecule has 100 valence electrons. The first-order chi connectivity index (χ1) is 9.22. The van der Waals surface area contributed by atoms with Crippen LogP contribution in [0.5, 0.6) is 0 Å². The Bertz CT molecular complexity index is 556. The third kappa shape index (κ3) is 2.58. The van der Waals surface area contributed by atoms with E-state index in [1.54, 1.807) is 6.20 Å². The Balaban J connectivity index is 1.80. The largest absolute Gasteiger partial charge is 0.368 e. The lowest BCUT2D eigenvalue weighted by Crippen LogP contribution is -2.31. The number of piperidine rings is 1. The molecule has 19 heavy (non-hydrogen) atoms. The molecule has 2 aromatic rings. The van der Waals surface area contributed by atoms with Crippen molar-refractivity contribution in [2.24, 2.45) is 0 Å². The van der Waals surface area contributed by atoms with Crippen molar-refractivity contribution in [3.63, 3.8) is 0 Å². The monoisotopic (exact) mass is 258 g/mol. The minimum Gasteiger partial charge on any atom is -0.368 e. The quantitative estimate of drug-likeness (QED) is 0.876. The molecule has 0 atom stereocenters. The highest BCUT2D eigenvalue weighted by Gasteiger charge is 2.19. The van der Waals surface area contributed by atoms with E-state index in [9.17, 15) is 0 Å². The van der Waals surface area contributed by atoms with Gasteiger partial charge in [0.1, 0.15) is 0 Å². The summed E-state index contributed by atoms with van der Waals surface area (Å²) in [6.07, 6.45) is 7.86. The van der Waals surface area contributed by atoms with E-state index in [0.29, 0.717) is 12.0 Å². The predicted octanol–water partition coefficient (Wildman–Crippen LogP) is 1.19. The summed E-state index contributed by atoms with van der Waals surface area (Å²) >= 11 is 0. The van der Waals surface area contributed by atoms with Gasteiger partial charge in [0, 0.05) is 18.0 Å². The van der Waals surface area contributed by atoms with E-state index >= 15 is 0 Å². The predicted molar refractivity (Wildman–Crippen MR) is 73.4 cm³/mol. The van der Waals surface area contributed by atoms with Crippen molar-refractivity contribution in [3.8, 4) is 11.3 Å². The molecular weight excluding hydrogens is 240 g/mol. The second kappa shape index (κ2) is 4.97. The van der Waals surface area contributed by atoms with Gasteiger partial charge in [-0.05, 0) is 39.0 Å². The van der Waals surface area contributed by atoms with E-state index < -0.39 is 0 Å². The topological polar surface area (TPSA) is 72.9 Å². The molecule has 0 aliphatic carbocycles. The lowest BCUT2D eigenvalue weighted by atomic mass is 10.1. The molecule has 6 heteroatoms. The molecule has 1 aliphatic heterocycles. The van der Waals surface area contributed by atoms with E-state index in [1.165, 1.54) is 0 Å². The minimum absolute atomic E-state index is 0.296. The number of nitrogen functional groups attached to an aromatic ring is 1. The molecule has 1 saturated heterocycles. The average Bonchev–Trinajstić information content (AvgIpc) is 2.89. The molecule has 2 aromatic heterocycles. The lowest BCUT2D eigenvalue weighted by Gasteiger charge is -2.28. The maximum Gasteiger partial charge on any atom is 0.220 e. The van der Waals surface area contributed by atoms with Gasteiger partial charge in [0.25, 0.3) is 0 Å². The number of likely N-dealkylation sites (tertiary alicyclic amines) is 1. The van der Waals surface area contributed by atoms with Crippen molar-refractivity contribution in [1.82, 2.24) is 24.6 Å². The summed E-state index contributed by atoms with van der Waals surface area (Å²) in [7, 11) is 2.16. The normalized spacial score (nSPS) is 17.7. The zero-order chi connectivity index (χ0) is 13.2. The maximum absolute atomic E-state index is 5.61. The van der Waals surface area contributed by atoms with E-state index in [-0.39, 0.29) is 0 Å². The second-order valence-electron chi connectivity index (χ2n) is 5.04. The molecule has 3 heterocycles. The van der Waals surface area contributed by atoms with Gasteiger partial charge in [-0.15, -0.1) is 0 Å². The van der Waals surface area contributed by atoms with Gasteiger partial charge in [-0.2, -0.15) is 5.10 Å². The van der Waals surface area contributed by atoms with Crippen LogP contribution < -0.4 is 5.73 Å². The Morgan fingerprint density at radius 2 is 2.11 bits per heavy atom. The molecule has 1 aliphatic rings. The Kier molecular flexibility index (Phi) is 3.16. The van der Waals surface area contributed by atoms with Gasteiger partial charge in [0.15, 0.2) is 0 Å². The summed E-state index contributed by atoms with van der Waals surface area (Å²) in [5, 5.41) is 4.47. The van der Waals surface area contributed by atoms with Crippen LogP contribution in [-0.4, -0.2) is 44.8 Å². The molecule has 0 amide bonds. The Morgan fingerprint density at radius 3 is 2.84 bits per heavy atom. The molecule has 6 nitrogen and oxygen atoms in total. The number of anilines is 1. The fourth-order valence-corrected chi connectivity index (χ4v) is 2.46. The molecule has 0 radical (unpaired) electrons. The van der Waals surface area contributed by atoms with Crippen LogP contribution in [0.2, 0.25) is 0 Å². The smallest absolute Gasteiger partial charge is 0.220 e.